The number of sulfonamides is 1. The molecule has 0 saturated carbocycles. The summed E-state index contributed by atoms with van der Waals surface area (Å²) in [4.78, 5) is 6.98. The van der Waals surface area contributed by atoms with Gasteiger partial charge in [-0.25, -0.2) is 13.4 Å². The van der Waals surface area contributed by atoms with Gasteiger partial charge in [0.15, 0.2) is 0 Å². The first-order valence-corrected chi connectivity index (χ1v) is 11.5. The van der Waals surface area contributed by atoms with Crippen LogP contribution in [0.25, 0.3) is 11.1 Å². The second-order valence-electron chi connectivity index (χ2n) is 7.98. The normalized spacial score (nSPS) is 18.5. The molecular weight excluding hydrogens is 398 g/mol. The Bertz CT molecular complexity index is 1070. The van der Waals surface area contributed by atoms with Gasteiger partial charge in [-0.3, -0.25) is 4.72 Å². The number of aromatic nitrogens is 1. The summed E-state index contributed by atoms with van der Waals surface area (Å²) in [6.07, 6.45) is 7.16. The van der Waals surface area contributed by atoms with Crippen molar-refractivity contribution in [2.45, 2.75) is 24.3 Å². The molecule has 3 N–H and O–H groups in total. The molecule has 0 radical (unpaired) electrons. The molecule has 0 aliphatic carbocycles. The van der Waals surface area contributed by atoms with Crippen LogP contribution >= 0.6 is 0 Å². The van der Waals surface area contributed by atoms with Crippen LogP contribution in [-0.2, 0) is 10.0 Å². The summed E-state index contributed by atoms with van der Waals surface area (Å²) in [6, 6.07) is 11.0. The van der Waals surface area contributed by atoms with Crippen LogP contribution in [0.1, 0.15) is 13.8 Å². The molecule has 158 valence electrons. The Labute approximate surface area is 178 Å². The first kappa shape index (κ1) is 20.4. The molecule has 0 spiro atoms. The Morgan fingerprint density at radius 2 is 1.80 bits per heavy atom. The number of benzene rings is 1. The second-order valence-corrected chi connectivity index (χ2v) is 9.66. The van der Waals surface area contributed by atoms with E-state index < -0.39 is 15.6 Å². The van der Waals surface area contributed by atoms with Crippen molar-refractivity contribution in [2.24, 2.45) is 0 Å². The van der Waals surface area contributed by atoms with Crippen molar-refractivity contribution in [3.05, 3.63) is 66.6 Å². The summed E-state index contributed by atoms with van der Waals surface area (Å²) >= 11 is 0. The number of hydrogen-bond donors (Lipinski definition) is 3. The molecule has 2 aromatic rings. The average Bonchev–Trinajstić information content (AvgIpc) is 2.76. The molecule has 30 heavy (non-hydrogen) atoms. The van der Waals surface area contributed by atoms with Crippen molar-refractivity contribution in [3.63, 3.8) is 0 Å². The molecule has 0 unspecified atom stereocenters. The number of pyridine rings is 1. The quantitative estimate of drug-likeness (QED) is 0.681. The molecule has 1 fully saturated rings. The third-order valence-corrected chi connectivity index (χ3v) is 6.79. The Hall–Kier alpha value is -2.84. The van der Waals surface area contributed by atoms with E-state index in [1.165, 1.54) is 0 Å². The maximum absolute atomic E-state index is 12.9. The minimum atomic E-state index is -3.67. The standard InChI is InChI=1S/C22H27N5O2S/c1-22(2)20(4-3-10-25-22)26-30(28,29)19-7-5-17(6-8-19)18-9-11-24-21(16-18)27-14-12-23-13-15-27/h3-11,16,23,25-26H,12-15H2,1-2H3. The fourth-order valence-corrected chi connectivity index (χ4v) is 4.77. The topological polar surface area (TPSA) is 86.4 Å². The number of piperazine rings is 1. The minimum Gasteiger partial charge on any atom is -0.380 e. The molecule has 1 saturated heterocycles. The number of nitrogens with one attached hydrogen (secondary N) is 3. The molecule has 3 heterocycles. The van der Waals surface area contributed by atoms with Gasteiger partial charge in [-0.1, -0.05) is 12.1 Å². The van der Waals surface area contributed by atoms with Gasteiger partial charge in [0, 0.05) is 32.4 Å². The Kier molecular flexibility index (Phi) is 5.53. The van der Waals surface area contributed by atoms with Gasteiger partial charge in [-0.2, -0.15) is 0 Å². The van der Waals surface area contributed by atoms with Crippen LogP contribution in [-0.4, -0.2) is 45.1 Å². The molecule has 2 aliphatic heterocycles. The SMILES string of the molecule is CC1(C)NC=CC=C1NS(=O)(=O)c1ccc(-c2ccnc(N3CCNCC3)c2)cc1. The van der Waals surface area contributed by atoms with E-state index in [-0.39, 0.29) is 4.90 Å². The van der Waals surface area contributed by atoms with Crippen LogP contribution in [0.15, 0.2) is 71.5 Å². The fourth-order valence-electron chi connectivity index (χ4n) is 3.54. The van der Waals surface area contributed by atoms with Crippen molar-refractivity contribution < 1.29 is 8.42 Å². The van der Waals surface area contributed by atoms with Crippen LogP contribution < -0.4 is 20.3 Å². The number of dihydropyridines is 1. The van der Waals surface area contributed by atoms with Crippen molar-refractivity contribution in [2.75, 3.05) is 31.1 Å². The van der Waals surface area contributed by atoms with E-state index in [0.29, 0.717) is 5.70 Å². The van der Waals surface area contributed by atoms with Crippen molar-refractivity contribution in [1.82, 2.24) is 20.3 Å². The van der Waals surface area contributed by atoms with Gasteiger partial charge in [-0.05, 0) is 67.6 Å². The molecule has 0 atom stereocenters. The van der Waals surface area contributed by atoms with Crippen LogP contribution in [0, 0.1) is 0 Å². The molecule has 8 heteroatoms. The molecule has 1 aromatic heterocycles. The molecule has 4 rings (SSSR count). The maximum Gasteiger partial charge on any atom is 0.261 e. The minimum absolute atomic E-state index is 0.230. The fraction of sp³-hybridized carbons (Fsp3) is 0.318. The van der Waals surface area contributed by atoms with Crippen LogP contribution in [0.3, 0.4) is 0 Å². The van der Waals surface area contributed by atoms with Crippen molar-refractivity contribution >= 4 is 15.8 Å². The van der Waals surface area contributed by atoms with E-state index >= 15 is 0 Å². The summed E-state index contributed by atoms with van der Waals surface area (Å²) < 4.78 is 28.5. The number of anilines is 1. The van der Waals surface area contributed by atoms with E-state index in [2.05, 4.69) is 31.3 Å². The van der Waals surface area contributed by atoms with Gasteiger partial charge < -0.3 is 15.5 Å². The molecule has 2 aliphatic rings. The van der Waals surface area contributed by atoms with Crippen molar-refractivity contribution in [1.29, 1.82) is 0 Å². The Balaban J connectivity index is 1.54. The monoisotopic (exact) mass is 425 g/mol. The lowest BCUT2D eigenvalue weighted by Gasteiger charge is -2.31. The predicted molar refractivity (Wildman–Crippen MR) is 120 cm³/mol. The highest BCUT2D eigenvalue weighted by Gasteiger charge is 2.27. The lowest BCUT2D eigenvalue weighted by Crippen LogP contribution is -2.45. The summed E-state index contributed by atoms with van der Waals surface area (Å²) in [6.45, 7) is 7.60. The summed E-state index contributed by atoms with van der Waals surface area (Å²) in [5.74, 6) is 0.944. The molecular formula is C22H27N5O2S. The summed E-state index contributed by atoms with van der Waals surface area (Å²) in [7, 11) is -3.67. The van der Waals surface area contributed by atoms with E-state index in [0.717, 1.165) is 43.1 Å². The molecule has 0 bridgehead atoms. The molecule has 7 nitrogen and oxygen atoms in total. The smallest absolute Gasteiger partial charge is 0.261 e. The number of rotatable bonds is 5. The van der Waals surface area contributed by atoms with Gasteiger partial charge in [0.2, 0.25) is 0 Å². The second kappa shape index (κ2) is 8.12. The first-order valence-electron chi connectivity index (χ1n) is 10.1. The van der Waals surface area contributed by atoms with E-state index in [4.69, 9.17) is 0 Å². The van der Waals surface area contributed by atoms with Gasteiger partial charge in [0.1, 0.15) is 5.82 Å². The van der Waals surface area contributed by atoms with Crippen molar-refractivity contribution in [3.8, 4) is 11.1 Å². The summed E-state index contributed by atoms with van der Waals surface area (Å²) in [5, 5.41) is 6.50. The Morgan fingerprint density at radius 1 is 1.07 bits per heavy atom. The highest BCUT2D eigenvalue weighted by molar-refractivity contribution is 7.89. The largest absolute Gasteiger partial charge is 0.380 e. The predicted octanol–water partition coefficient (Wildman–Crippen LogP) is 2.22. The molecule has 1 aromatic carbocycles. The van der Waals surface area contributed by atoms with Crippen LogP contribution in [0.2, 0.25) is 0 Å². The maximum atomic E-state index is 12.9. The lowest BCUT2D eigenvalue weighted by molar-refractivity contribution is 0.491. The molecule has 0 amide bonds. The Morgan fingerprint density at radius 3 is 2.50 bits per heavy atom. The lowest BCUT2D eigenvalue weighted by atomic mass is 9.99. The van der Waals surface area contributed by atoms with Gasteiger partial charge in [-0.15, -0.1) is 0 Å². The zero-order chi connectivity index (χ0) is 21.2. The van der Waals surface area contributed by atoms with Crippen LogP contribution in [0.4, 0.5) is 5.82 Å². The van der Waals surface area contributed by atoms with E-state index in [1.807, 2.05) is 32.0 Å². The average molecular weight is 426 g/mol. The third kappa shape index (κ3) is 4.34. The van der Waals surface area contributed by atoms with E-state index in [9.17, 15) is 8.42 Å². The van der Waals surface area contributed by atoms with Crippen LogP contribution in [0.5, 0.6) is 0 Å². The van der Waals surface area contributed by atoms with Gasteiger partial charge in [0.25, 0.3) is 10.0 Å². The van der Waals surface area contributed by atoms with Gasteiger partial charge >= 0.3 is 0 Å². The number of allylic oxidation sites excluding steroid dienone is 2. The van der Waals surface area contributed by atoms with E-state index in [1.54, 1.807) is 36.7 Å². The third-order valence-electron chi connectivity index (χ3n) is 5.41. The van der Waals surface area contributed by atoms with Gasteiger partial charge in [0.05, 0.1) is 16.1 Å². The zero-order valence-corrected chi connectivity index (χ0v) is 18.0. The summed E-state index contributed by atoms with van der Waals surface area (Å²) in [5.41, 5.74) is 2.08. The number of hydrogen-bond acceptors (Lipinski definition) is 6. The first-order chi connectivity index (χ1) is 14.4. The highest BCUT2D eigenvalue weighted by atomic mass is 32.2. The highest BCUT2D eigenvalue weighted by Crippen LogP contribution is 2.25. The number of nitrogens with zero attached hydrogens (tertiary/aromatic N) is 2. The zero-order valence-electron chi connectivity index (χ0n) is 17.2.